The predicted octanol–water partition coefficient (Wildman–Crippen LogP) is 5.19. The van der Waals surface area contributed by atoms with E-state index in [4.69, 9.17) is 0 Å². The van der Waals surface area contributed by atoms with Crippen molar-refractivity contribution in [3.8, 4) is 0 Å². The van der Waals surface area contributed by atoms with Gasteiger partial charge in [0.2, 0.25) is 0 Å². The highest BCUT2D eigenvalue weighted by Gasteiger charge is 2.22. The quantitative estimate of drug-likeness (QED) is 0.712. The third-order valence-electron chi connectivity index (χ3n) is 3.89. The number of alkyl halides is 2. The van der Waals surface area contributed by atoms with E-state index in [1.807, 2.05) is 0 Å². The van der Waals surface area contributed by atoms with Gasteiger partial charge >= 0.3 is 0 Å². The van der Waals surface area contributed by atoms with E-state index in [1.165, 1.54) is 16.7 Å². The highest BCUT2D eigenvalue weighted by molar-refractivity contribution is 5.92. The lowest BCUT2D eigenvalue weighted by atomic mass is 10.1. The number of hydrogen-bond donors (Lipinski definition) is 1. The number of aryl methyl sites for hydroxylation is 2. The van der Waals surface area contributed by atoms with Crippen LogP contribution in [0.1, 0.15) is 18.1 Å². The molecule has 24 heavy (non-hydrogen) atoms. The first-order valence-electron chi connectivity index (χ1n) is 7.60. The Morgan fingerprint density at radius 2 is 1.83 bits per heavy atom. The van der Waals surface area contributed by atoms with Gasteiger partial charge in [-0.05, 0) is 49.2 Å². The number of rotatable bonds is 4. The molecule has 0 amide bonds. The molecule has 1 aromatic carbocycles. The molecule has 0 fully saturated rings. The Bertz CT molecular complexity index is 871. The van der Waals surface area contributed by atoms with E-state index in [2.05, 4.69) is 10.3 Å². The average Bonchev–Trinajstić information content (AvgIpc) is 2.85. The first-order chi connectivity index (χ1) is 11.2. The fraction of sp³-hybridized carbons (Fsp3) is 0.278. The largest absolute Gasteiger partial charge is 0.341 e. The third kappa shape index (κ3) is 3.22. The molecule has 2 heterocycles. The van der Waals surface area contributed by atoms with Crippen LogP contribution in [0, 0.1) is 19.7 Å². The zero-order valence-corrected chi connectivity index (χ0v) is 13.7. The lowest BCUT2D eigenvalue weighted by Gasteiger charge is -2.14. The molecule has 0 aliphatic rings. The predicted molar refractivity (Wildman–Crippen MR) is 89.5 cm³/mol. The Morgan fingerprint density at radius 3 is 2.46 bits per heavy atom. The Kier molecular flexibility index (Phi) is 3.99. The lowest BCUT2D eigenvalue weighted by Crippen LogP contribution is -2.18. The van der Waals surface area contributed by atoms with Crippen molar-refractivity contribution in [3.05, 3.63) is 53.6 Å². The number of pyridine rings is 1. The van der Waals surface area contributed by atoms with Crippen molar-refractivity contribution in [1.29, 1.82) is 0 Å². The Labute approximate surface area is 138 Å². The summed E-state index contributed by atoms with van der Waals surface area (Å²) in [5.74, 6) is -2.53. The Morgan fingerprint density at radius 1 is 1.17 bits per heavy atom. The lowest BCUT2D eigenvalue weighted by molar-refractivity contribution is 0.00510. The molecule has 0 saturated carbocycles. The van der Waals surface area contributed by atoms with Crippen LogP contribution in [0.4, 0.5) is 24.7 Å². The van der Waals surface area contributed by atoms with Gasteiger partial charge in [-0.1, -0.05) is 0 Å². The van der Waals surface area contributed by atoms with E-state index in [1.54, 1.807) is 38.4 Å². The maximum Gasteiger partial charge on any atom is 0.262 e. The van der Waals surface area contributed by atoms with Gasteiger partial charge < -0.3 is 9.88 Å². The number of anilines is 2. The Hall–Kier alpha value is -2.50. The van der Waals surface area contributed by atoms with Crippen molar-refractivity contribution in [1.82, 2.24) is 9.55 Å². The third-order valence-corrected chi connectivity index (χ3v) is 3.89. The van der Waals surface area contributed by atoms with E-state index in [0.29, 0.717) is 11.3 Å². The monoisotopic (exact) mass is 333 g/mol. The molecule has 126 valence electrons. The second kappa shape index (κ2) is 5.85. The number of nitrogens with one attached hydrogen (secondary N) is 1. The minimum atomic E-state index is -2.80. The topological polar surface area (TPSA) is 29.9 Å². The van der Waals surface area contributed by atoms with Gasteiger partial charge in [-0.2, -0.15) is 0 Å². The second-order valence-corrected chi connectivity index (χ2v) is 6.15. The molecule has 0 spiro atoms. The maximum absolute atomic E-state index is 13.4. The number of nitrogens with zero attached hydrogens (tertiary/aromatic N) is 2. The van der Waals surface area contributed by atoms with Crippen LogP contribution in [0.25, 0.3) is 10.9 Å². The summed E-state index contributed by atoms with van der Waals surface area (Å²) in [7, 11) is 0. The zero-order chi connectivity index (χ0) is 17.5. The van der Waals surface area contributed by atoms with Crippen LogP contribution in [0.3, 0.4) is 0 Å². The SMILES string of the molecule is Cc1cc(F)cc(C)c1Nc1nccc2c1ccn2CC(C)(F)F. The van der Waals surface area contributed by atoms with Gasteiger partial charge in [0.05, 0.1) is 12.1 Å². The van der Waals surface area contributed by atoms with Crippen LogP contribution in [-0.4, -0.2) is 15.5 Å². The standard InChI is InChI=1S/C18H18F3N3/c1-11-8-13(19)9-12(2)16(11)23-17-14-5-7-24(10-18(3,20)21)15(14)4-6-22-17/h4-9H,10H2,1-3H3,(H,22,23). The highest BCUT2D eigenvalue weighted by Crippen LogP contribution is 2.30. The molecule has 0 unspecified atom stereocenters. The average molecular weight is 333 g/mol. The Balaban J connectivity index is 2.03. The molecule has 2 aromatic heterocycles. The molecule has 3 aromatic rings. The van der Waals surface area contributed by atoms with Crippen LogP contribution in [-0.2, 0) is 6.54 Å². The van der Waals surface area contributed by atoms with Gasteiger partial charge in [-0.15, -0.1) is 0 Å². The van der Waals surface area contributed by atoms with Crippen LogP contribution in [0.15, 0.2) is 36.7 Å². The molecule has 1 N–H and O–H groups in total. The summed E-state index contributed by atoms with van der Waals surface area (Å²) in [6.45, 7) is 4.11. The molecule has 0 bridgehead atoms. The molecule has 0 aliphatic heterocycles. The zero-order valence-electron chi connectivity index (χ0n) is 13.7. The number of benzene rings is 1. The van der Waals surface area contributed by atoms with Crippen molar-refractivity contribution in [3.63, 3.8) is 0 Å². The van der Waals surface area contributed by atoms with E-state index < -0.39 is 12.5 Å². The van der Waals surface area contributed by atoms with Crippen LogP contribution in [0.2, 0.25) is 0 Å². The van der Waals surface area contributed by atoms with Crippen LogP contribution >= 0.6 is 0 Å². The molecule has 0 saturated heterocycles. The van der Waals surface area contributed by atoms with Crippen molar-refractivity contribution in [2.45, 2.75) is 33.2 Å². The smallest absolute Gasteiger partial charge is 0.262 e. The number of hydrogen-bond acceptors (Lipinski definition) is 2. The summed E-state index contributed by atoms with van der Waals surface area (Å²) in [5, 5.41) is 3.95. The molecule has 6 heteroatoms. The first kappa shape index (κ1) is 16.4. The van der Waals surface area contributed by atoms with Crippen molar-refractivity contribution >= 4 is 22.4 Å². The van der Waals surface area contributed by atoms with Crippen LogP contribution in [0.5, 0.6) is 0 Å². The van der Waals surface area contributed by atoms with Gasteiger partial charge in [-0.3, -0.25) is 0 Å². The fourth-order valence-corrected chi connectivity index (χ4v) is 2.89. The summed E-state index contributed by atoms with van der Waals surface area (Å²) in [6, 6.07) is 6.35. The van der Waals surface area contributed by atoms with Gasteiger partial charge in [0, 0.05) is 30.4 Å². The van der Waals surface area contributed by atoms with Gasteiger partial charge in [0.15, 0.2) is 0 Å². The minimum Gasteiger partial charge on any atom is -0.341 e. The molecule has 3 nitrogen and oxygen atoms in total. The van der Waals surface area contributed by atoms with Crippen molar-refractivity contribution in [2.24, 2.45) is 0 Å². The van der Waals surface area contributed by atoms with E-state index >= 15 is 0 Å². The molecule has 0 radical (unpaired) electrons. The van der Waals surface area contributed by atoms with E-state index in [9.17, 15) is 13.2 Å². The molecular formula is C18H18F3N3. The van der Waals surface area contributed by atoms with E-state index in [0.717, 1.165) is 29.1 Å². The summed E-state index contributed by atoms with van der Waals surface area (Å²) < 4.78 is 41.6. The van der Waals surface area contributed by atoms with E-state index in [-0.39, 0.29) is 5.82 Å². The van der Waals surface area contributed by atoms with Gasteiger partial charge in [0.25, 0.3) is 5.92 Å². The summed E-state index contributed by atoms with van der Waals surface area (Å²) in [4.78, 5) is 4.31. The minimum absolute atomic E-state index is 0.293. The number of halogens is 3. The van der Waals surface area contributed by atoms with Crippen LogP contribution < -0.4 is 5.32 Å². The highest BCUT2D eigenvalue weighted by atomic mass is 19.3. The molecule has 0 aliphatic carbocycles. The van der Waals surface area contributed by atoms with Crippen molar-refractivity contribution in [2.75, 3.05) is 5.32 Å². The van der Waals surface area contributed by atoms with Gasteiger partial charge in [0.1, 0.15) is 11.6 Å². The number of fused-ring (bicyclic) bond motifs is 1. The molecule has 3 rings (SSSR count). The molecular weight excluding hydrogens is 315 g/mol. The van der Waals surface area contributed by atoms with Crippen molar-refractivity contribution < 1.29 is 13.2 Å². The summed E-state index contributed by atoms with van der Waals surface area (Å²) >= 11 is 0. The summed E-state index contributed by atoms with van der Waals surface area (Å²) in [5.41, 5.74) is 2.95. The number of aromatic nitrogens is 2. The second-order valence-electron chi connectivity index (χ2n) is 6.15. The first-order valence-corrected chi connectivity index (χ1v) is 7.60. The fourth-order valence-electron chi connectivity index (χ4n) is 2.89. The maximum atomic E-state index is 13.4. The normalized spacial score (nSPS) is 11.9. The summed E-state index contributed by atoms with van der Waals surface area (Å²) in [6.07, 6.45) is 3.20. The van der Waals surface area contributed by atoms with Gasteiger partial charge in [-0.25, -0.2) is 18.2 Å². The molecule has 0 atom stereocenters.